The number of halogens is 2. The number of rotatable bonds is 3. The van der Waals surface area contributed by atoms with Gasteiger partial charge in [0.15, 0.2) is 0 Å². The van der Waals surface area contributed by atoms with Gasteiger partial charge in [0, 0.05) is 11.8 Å². The minimum absolute atomic E-state index is 0.147. The Morgan fingerprint density at radius 2 is 1.94 bits per heavy atom. The molecule has 0 aliphatic carbocycles. The zero-order valence-electron chi connectivity index (χ0n) is 9.15. The molecule has 18 heavy (non-hydrogen) atoms. The van der Waals surface area contributed by atoms with Crippen molar-refractivity contribution in [3.8, 4) is 11.6 Å². The van der Waals surface area contributed by atoms with Crippen LogP contribution in [0.1, 0.15) is 5.56 Å². The molecular weight excluding hydrogens is 273 g/mol. The van der Waals surface area contributed by atoms with Crippen LogP contribution in [0.3, 0.4) is 0 Å². The van der Waals surface area contributed by atoms with Crippen LogP contribution in [-0.2, 0) is 0 Å². The fraction of sp³-hybridized carbons (Fsp3) is 0. The third-order valence-corrected chi connectivity index (χ3v) is 2.87. The van der Waals surface area contributed by atoms with Gasteiger partial charge >= 0.3 is 0 Å². The lowest BCUT2D eigenvalue weighted by Gasteiger charge is -2.09. The van der Waals surface area contributed by atoms with Crippen LogP contribution in [0.15, 0.2) is 36.5 Å². The number of nitrogens with zero attached hydrogens (tertiary/aromatic N) is 1. The summed E-state index contributed by atoms with van der Waals surface area (Å²) in [5.41, 5.74) is 5.77. The van der Waals surface area contributed by atoms with Crippen molar-refractivity contribution < 1.29 is 4.74 Å². The van der Waals surface area contributed by atoms with Crippen LogP contribution >= 0.6 is 23.2 Å². The molecule has 0 fully saturated rings. The number of amidine groups is 1. The molecule has 0 saturated heterocycles. The molecular formula is C12H9Cl2N3O. The topological polar surface area (TPSA) is 72.0 Å². The first-order valence-corrected chi connectivity index (χ1v) is 5.76. The van der Waals surface area contributed by atoms with Gasteiger partial charge in [-0.3, -0.25) is 5.41 Å². The predicted octanol–water partition coefficient (Wildman–Crippen LogP) is 3.46. The standard InChI is InChI=1S/C12H9Cl2N3O/c13-8-3-1-2-4-9(8)18-12-10(14)7(11(15)16)5-6-17-12/h1-6H,(H3,15,16). The molecule has 1 aromatic heterocycles. The van der Waals surface area contributed by atoms with Gasteiger partial charge in [-0.1, -0.05) is 35.3 Å². The number of ether oxygens (including phenoxy) is 1. The number of aromatic nitrogens is 1. The van der Waals surface area contributed by atoms with Gasteiger partial charge in [-0.15, -0.1) is 0 Å². The fourth-order valence-electron chi connectivity index (χ4n) is 1.34. The van der Waals surface area contributed by atoms with E-state index in [9.17, 15) is 0 Å². The Balaban J connectivity index is 2.39. The molecule has 0 saturated carbocycles. The van der Waals surface area contributed by atoms with Gasteiger partial charge in [0.1, 0.15) is 16.6 Å². The molecule has 1 aromatic carbocycles. The minimum atomic E-state index is -0.147. The quantitative estimate of drug-likeness (QED) is 0.668. The Labute approximate surface area is 114 Å². The average molecular weight is 282 g/mol. The van der Waals surface area contributed by atoms with E-state index in [2.05, 4.69) is 4.98 Å². The summed E-state index contributed by atoms with van der Waals surface area (Å²) in [7, 11) is 0. The summed E-state index contributed by atoms with van der Waals surface area (Å²) in [6.45, 7) is 0. The normalized spacial score (nSPS) is 10.1. The van der Waals surface area contributed by atoms with E-state index in [1.54, 1.807) is 30.3 Å². The van der Waals surface area contributed by atoms with Crippen molar-refractivity contribution in [1.29, 1.82) is 5.41 Å². The fourth-order valence-corrected chi connectivity index (χ4v) is 1.76. The lowest BCUT2D eigenvalue weighted by Crippen LogP contribution is -2.12. The number of hydrogen-bond acceptors (Lipinski definition) is 3. The minimum Gasteiger partial charge on any atom is -0.436 e. The smallest absolute Gasteiger partial charge is 0.238 e. The molecule has 4 nitrogen and oxygen atoms in total. The third-order valence-electron chi connectivity index (χ3n) is 2.19. The van der Waals surface area contributed by atoms with E-state index in [0.717, 1.165) is 0 Å². The van der Waals surface area contributed by atoms with Crippen LogP contribution in [0.2, 0.25) is 10.0 Å². The second kappa shape index (κ2) is 5.25. The number of hydrogen-bond donors (Lipinski definition) is 2. The first-order valence-electron chi connectivity index (χ1n) is 5.01. The molecule has 0 amide bonds. The van der Waals surface area contributed by atoms with E-state index >= 15 is 0 Å². The molecule has 0 bridgehead atoms. The van der Waals surface area contributed by atoms with Crippen LogP contribution in [0, 0.1) is 5.41 Å². The molecule has 0 radical (unpaired) electrons. The molecule has 1 heterocycles. The van der Waals surface area contributed by atoms with Gasteiger partial charge in [-0.2, -0.15) is 0 Å². The second-order valence-corrected chi connectivity index (χ2v) is 4.21. The number of nitrogens with two attached hydrogens (primary N) is 1. The summed E-state index contributed by atoms with van der Waals surface area (Å²) in [6, 6.07) is 8.50. The van der Waals surface area contributed by atoms with E-state index in [-0.39, 0.29) is 16.7 Å². The van der Waals surface area contributed by atoms with Crippen LogP contribution in [-0.4, -0.2) is 10.8 Å². The average Bonchev–Trinajstić information content (AvgIpc) is 2.34. The Bertz CT molecular complexity index is 602. The van der Waals surface area contributed by atoms with Crippen molar-refractivity contribution in [2.24, 2.45) is 5.73 Å². The zero-order chi connectivity index (χ0) is 13.1. The molecule has 0 atom stereocenters. The molecule has 0 aliphatic rings. The lowest BCUT2D eigenvalue weighted by atomic mass is 10.2. The second-order valence-electron chi connectivity index (χ2n) is 3.42. The van der Waals surface area contributed by atoms with Gasteiger partial charge in [0.05, 0.1) is 5.02 Å². The molecule has 3 N–H and O–H groups in total. The van der Waals surface area contributed by atoms with Crippen LogP contribution in [0.25, 0.3) is 0 Å². The molecule has 0 unspecified atom stereocenters. The first-order chi connectivity index (χ1) is 8.59. The Morgan fingerprint density at radius 3 is 2.61 bits per heavy atom. The van der Waals surface area contributed by atoms with Crippen LogP contribution in [0.5, 0.6) is 11.6 Å². The molecule has 0 spiro atoms. The van der Waals surface area contributed by atoms with Crippen molar-refractivity contribution in [3.63, 3.8) is 0 Å². The van der Waals surface area contributed by atoms with E-state index in [0.29, 0.717) is 16.3 Å². The van der Waals surface area contributed by atoms with Crippen molar-refractivity contribution in [2.45, 2.75) is 0 Å². The summed E-state index contributed by atoms with van der Waals surface area (Å²) >= 11 is 12.0. The Kier molecular flexibility index (Phi) is 3.69. The SMILES string of the molecule is N=C(N)c1ccnc(Oc2ccccc2Cl)c1Cl. The van der Waals surface area contributed by atoms with E-state index in [1.807, 2.05) is 0 Å². The lowest BCUT2D eigenvalue weighted by molar-refractivity contribution is 0.463. The van der Waals surface area contributed by atoms with Gasteiger partial charge in [0.2, 0.25) is 5.88 Å². The predicted molar refractivity (Wildman–Crippen MR) is 71.8 cm³/mol. The van der Waals surface area contributed by atoms with Crippen molar-refractivity contribution in [3.05, 3.63) is 52.1 Å². The Morgan fingerprint density at radius 1 is 1.22 bits per heavy atom. The van der Waals surface area contributed by atoms with Crippen LogP contribution < -0.4 is 10.5 Å². The van der Waals surface area contributed by atoms with Gasteiger partial charge < -0.3 is 10.5 Å². The van der Waals surface area contributed by atoms with Crippen molar-refractivity contribution in [2.75, 3.05) is 0 Å². The van der Waals surface area contributed by atoms with E-state index in [1.165, 1.54) is 6.20 Å². The maximum atomic E-state index is 7.38. The number of nitrogen functional groups attached to an aromatic ring is 1. The zero-order valence-corrected chi connectivity index (χ0v) is 10.7. The summed E-state index contributed by atoms with van der Waals surface area (Å²) < 4.78 is 5.50. The summed E-state index contributed by atoms with van der Waals surface area (Å²) in [4.78, 5) is 3.99. The maximum absolute atomic E-state index is 7.38. The molecule has 92 valence electrons. The van der Waals surface area contributed by atoms with Gasteiger partial charge in [-0.25, -0.2) is 4.98 Å². The molecule has 6 heteroatoms. The maximum Gasteiger partial charge on any atom is 0.238 e. The number of pyridine rings is 1. The van der Waals surface area contributed by atoms with Gasteiger partial charge in [0.25, 0.3) is 0 Å². The summed E-state index contributed by atoms with van der Waals surface area (Å²) in [5.74, 6) is 0.457. The number of benzene rings is 1. The van der Waals surface area contributed by atoms with E-state index < -0.39 is 0 Å². The molecule has 0 aliphatic heterocycles. The summed E-state index contributed by atoms with van der Waals surface area (Å²) in [6.07, 6.45) is 1.47. The molecule has 2 rings (SSSR count). The first kappa shape index (κ1) is 12.7. The van der Waals surface area contributed by atoms with Crippen LogP contribution in [0.4, 0.5) is 0 Å². The highest BCUT2D eigenvalue weighted by Crippen LogP contribution is 2.33. The number of para-hydroxylation sites is 1. The largest absolute Gasteiger partial charge is 0.436 e. The van der Waals surface area contributed by atoms with Gasteiger partial charge in [-0.05, 0) is 18.2 Å². The highest BCUT2D eigenvalue weighted by Gasteiger charge is 2.12. The monoisotopic (exact) mass is 281 g/mol. The summed E-state index contributed by atoms with van der Waals surface area (Å²) in [5, 5.41) is 8.01. The molecule has 2 aromatic rings. The third kappa shape index (κ3) is 2.55. The highest BCUT2D eigenvalue weighted by molar-refractivity contribution is 6.35. The van der Waals surface area contributed by atoms with Crippen molar-refractivity contribution >= 4 is 29.0 Å². The Hall–Kier alpha value is -1.78. The van der Waals surface area contributed by atoms with E-state index in [4.69, 9.17) is 39.1 Å². The highest BCUT2D eigenvalue weighted by atomic mass is 35.5. The number of nitrogens with one attached hydrogen (secondary N) is 1. The van der Waals surface area contributed by atoms with Crippen molar-refractivity contribution in [1.82, 2.24) is 4.98 Å².